The summed E-state index contributed by atoms with van der Waals surface area (Å²) < 4.78 is 5.93. The Morgan fingerprint density at radius 1 is 1.44 bits per heavy atom. The summed E-state index contributed by atoms with van der Waals surface area (Å²) in [5.41, 5.74) is 0.461. The molecule has 1 rings (SSSR count). The van der Waals surface area contributed by atoms with Crippen LogP contribution in [0.25, 0.3) is 0 Å². The number of carbonyl (C=O) groups excluding carboxylic acids is 1. The third-order valence-electron chi connectivity index (χ3n) is 1.67. The molecule has 0 atom stereocenters. The van der Waals surface area contributed by atoms with E-state index >= 15 is 0 Å². The Kier molecular flexibility index (Phi) is 3.91. The maximum Gasteiger partial charge on any atom is 0.414 e. The second-order valence-electron chi connectivity index (χ2n) is 4.48. The predicted octanol–water partition coefficient (Wildman–Crippen LogP) is 3.04. The molecule has 0 fully saturated rings. The Balaban J connectivity index is 2.67. The molecule has 1 amide bonds. The lowest BCUT2D eigenvalue weighted by Crippen LogP contribution is -2.42. The Morgan fingerprint density at radius 3 is 2.56 bits per heavy atom. The number of hydrogen-bond donors (Lipinski definition) is 1. The number of aryl methyl sites for hydroxylation is 1. The molecule has 1 aromatic rings. The third kappa shape index (κ3) is 4.18. The molecule has 88 valence electrons. The number of ether oxygens (including phenoxy) is 1. The molecular weight excluding hydrogens is 272 g/mol. The van der Waals surface area contributed by atoms with Crippen molar-refractivity contribution >= 4 is 22.0 Å². The second kappa shape index (κ2) is 4.82. The fourth-order valence-electron chi connectivity index (χ4n) is 1.00. The molecule has 16 heavy (non-hydrogen) atoms. The number of rotatable bonds is 1. The van der Waals surface area contributed by atoms with Crippen molar-refractivity contribution in [3.05, 3.63) is 22.3 Å². The number of nitrogens with zero attached hydrogens (tertiary/aromatic N) is 1. The van der Waals surface area contributed by atoms with Gasteiger partial charge in [0.1, 0.15) is 0 Å². The first-order chi connectivity index (χ1) is 7.28. The van der Waals surface area contributed by atoms with Gasteiger partial charge >= 0.3 is 6.09 Å². The molecule has 4 nitrogen and oxygen atoms in total. The van der Waals surface area contributed by atoms with Crippen LogP contribution in [0.15, 0.2) is 16.6 Å². The van der Waals surface area contributed by atoms with E-state index in [4.69, 9.17) is 4.74 Å². The van der Waals surface area contributed by atoms with Crippen LogP contribution in [0, 0.1) is 6.92 Å². The Hall–Kier alpha value is -1.10. The van der Waals surface area contributed by atoms with E-state index in [1.807, 2.05) is 27.7 Å². The molecule has 0 unspecified atom stereocenters. The van der Waals surface area contributed by atoms with E-state index in [0.717, 1.165) is 10.2 Å². The first-order valence-electron chi connectivity index (χ1n) is 4.91. The standard InChI is InChI=1S/C11H15BrN2O2/c1-7-8(12)5-6-9(13-7)16-10(15)14-11(2,3)4/h5-6H,1-4H3,(H,14,15). The van der Waals surface area contributed by atoms with Gasteiger partial charge in [0, 0.05) is 16.1 Å². The summed E-state index contributed by atoms with van der Waals surface area (Å²) >= 11 is 3.33. The van der Waals surface area contributed by atoms with Crippen LogP contribution in [0.3, 0.4) is 0 Å². The first kappa shape index (κ1) is 13.0. The molecule has 1 N–H and O–H groups in total. The highest BCUT2D eigenvalue weighted by molar-refractivity contribution is 9.10. The van der Waals surface area contributed by atoms with Gasteiger partial charge in [-0.2, -0.15) is 0 Å². The summed E-state index contributed by atoms with van der Waals surface area (Å²) in [4.78, 5) is 15.6. The monoisotopic (exact) mass is 286 g/mol. The molecule has 0 saturated heterocycles. The molecule has 1 heterocycles. The largest absolute Gasteiger partial charge is 0.414 e. The van der Waals surface area contributed by atoms with Gasteiger partial charge < -0.3 is 10.1 Å². The minimum atomic E-state index is -0.498. The van der Waals surface area contributed by atoms with E-state index in [9.17, 15) is 4.79 Å². The summed E-state index contributed by atoms with van der Waals surface area (Å²) in [6.45, 7) is 7.48. The molecule has 0 aromatic carbocycles. The van der Waals surface area contributed by atoms with Gasteiger partial charge in [0.15, 0.2) is 0 Å². The van der Waals surface area contributed by atoms with Crippen LogP contribution in [-0.2, 0) is 0 Å². The number of hydrogen-bond acceptors (Lipinski definition) is 3. The van der Waals surface area contributed by atoms with E-state index < -0.39 is 6.09 Å². The summed E-state index contributed by atoms with van der Waals surface area (Å²) in [6.07, 6.45) is -0.498. The number of nitrogens with one attached hydrogen (secondary N) is 1. The van der Waals surface area contributed by atoms with Crippen molar-refractivity contribution in [2.45, 2.75) is 33.2 Å². The summed E-state index contributed by atoms with van der Waals surface area (Å²) in [6, 6.07) is 3.43. The zero-order valence-electron chi connectivity index (χ0n) is 9.80. The predicted molar refractivity (Wildman–Crippen MR) is 65.6 cm³/mol. The number of halogens is 1. The van der Waals surface area contributed by atoms with Crippen molar-refractivity contribution < 1.29 is 9.53 Å². The van der Waals surface area contributed by atoms with Crippen LogP contribution < -0.4 is 10.1 Å². The van der Waals surface area contributed by atoms with Gasteiger partial charge in [-0.1, -0.05) is 0 Å². The van der Waals surface area contributed by atoms with E-state index in [-0.39, 0.29) is 5.54 Å². The fraction of sp³-hybridized carbons (Fsp3) is 0.455. The molecule has 0 saturated carbocycles. The second-order valence-corrected chi connectivity index (χ2v) is 5.34. The van der Waals surface area contributed by atoms with Crippen LogP contribution in [0.2, 0.25) is 0 Å². The highest BCUT2D eigenvalue weighted by Gasteiger charge is 2.15. The lowest BCUT2D eigenvalue weighted by atomic mass is 10.1. The van der Waals surface area contributed by atoms with E-state index in [1.165, 1.54) is 0 Å². The first-order valence-corrected chi connectivity index (χ1v) is 5.70. The van der Waals surface area contributed by atoms with Crippen molar-refractivity contribution in [1.29, 1.82) is 0 Å². The lowest BCUT2D eigenvalue weighted by molar-refractivity contribution is 0.188. The zero-order valence-corrected chi connectivity index (χ0v) is 11.4. The highest BCUT2D eigenvalue weighted by Crippen LogP contribution is 2.17. The summed E-state index contributed by atoms with van der Waals surface area (Å²) in [5.74, 6) is 0.294. The Morgan fingerprint density at radius 2 is 2.06 bits per heavy atom. The summed E-state index contributed by atoms with van der Waals surface area (Å²) in [7, 11) is 0. The van der Waals surface area contributed by atoms with Gasteiger partial charge in [0.25, 0.3) is 0 Å². The van der Waals surface area contributed by atoms with Crippen LogP contribution in [-0.4, -0.2) is 16.6 Å². The van der Waals surface area contributed by atoms with Crippen molar-refractivity contribution in [2.75, 3.05) is 0 Å². The van der Waals surface area contributed by atoms with Gasteiger partial charge in [0.05, 0.1) is 5.69 Å². The molecule has 0 bridgehead atoms. The number of aromatic nitrogens is 1. The maximum atomic E-state index is 11.4. The van der Waals surface area contributed by atoms with Crippen LogP contribution in [0.5, 0.6) is 5.88 Å². The Labute approximate surface area is 104 Å². The van der Waals surface area contributed by atoms with E-state index in [0.29, 0.717) is 5.88 Å². The average Bonchev–Trinajstić information content (AvgIpc) is 2.08. The number of pyridine rings is 1. The molecule has 0 radical (unpaired) electrons. The van der Waals surface area contributed by atoms with Crippen LogP contribution in [0.1, 0.15) is 26.5 Å². The molecule has 0 aliphatic carbocycles. The lowest BCUT2D eigenvalue weighted by Gasteiger charge is -2.19. The molecule has 1 aromatic heterocycles. The van der Waals surface area contributed by atoms with Crippen molar-refractivity contribution in [1.82, 2.24) is 10.3 Å². The minimum absolute atomic E-state index is 0.294. The maximum absolute atomic E-state index is 11.4. The molecule has 0 aliphatic heterocycles. The van der Waals surface area contributed by atoms with Gasteiger partial charge in [-0.25, -0.2) is 9.78 Å². The smallest absolute Gasteiger partial charge is 0.391 e. The van der Waals surface area contributed by atoms with Gasteiger partial charge in [-0.15, -0.1) is 0 Å². The van der Waals surface area contributed by atoms with Crippen LogP contribution in [0.4, 0.5) is 4.79 Å². The summed E-state index contributed by atoms with van der Waals surface area (Å²) in [5, 5.41) is 2.69. The number of amides is 1. The zero-order chi connectivity index (χ0) is 12.3. The third-order valence-corrected chi connectivity index (χ3v) is 2.51. The van der Waals surface area contributed by atoms with E-state index in [2.05, 4.69) is 26.2 Å². The van der Waals surface area contributed by atoms with Crippen molar-refractivity contribution in [2.24, 2.45) is 0 Å². The average molecular weight is 287 g/mol. The highest BCUT2D eigenvalue weighted by atomic mass is 79.9. The van der Waals surface area contributed by atoms with Gasteiger partial charge in [-0.3, -0.25) is 0 Å². The van der Waals surface area contributed by atoms with Crippen molar-refractivity contribution in [3.63, 3.8) is 0 Å². The van der Waals surface area contributed by atoms with Crippen LogP contribution >= 0.6 is 15.9 Å². The van der Waals surface area contributed by atoms with Gasteiger partial charge in [-0.05, 0) is 49.7 Å². The van der Waals surface area contributed by atoms with Gasteiger partial charge in [0.2, 0.25) is 5.88 Å². The van der Waals surface area contributed by atoms with Crippen molar-refractivity contribution in [3.8, 4) is 5.88 Å². The van der Waals surface area contributed by atoms with E-state index in [1.54, 1.807) is 12.1 Å². The number of carbonyl (C=O) groups is 1. The minimum Gasteiger partial charge on any atom is -0.391 e. The Bertz CT molecular complexity index is 399. The SMILES string of the molecule is Cc1nc(OC(=O)NC(C)(C)C)ccc1Br. The molecular formula is C11H15BrN2O2. The molecule has 0 spiro atoms. The fourth-order valence-corrected chi connectivity index (χ4v) is 1.23. The normalized spacial score (nSPS) is 11.1. The quantitative estimate of drug-likeness (QED) is 0.863. The molecule has 0 aliphatic rings. The molecule has 5 heteroatoms. The topological polar surface area (TPSA) is 51.2 Å².